The summed E-state index contributed by atoms with van der Waals surface area (Å²) in [5, 5.41) is 57.0. The number of ketones is 2. The first-order chi connectivity index (χ1) is 19.8. The number of amides is 1. The Morgan fingerprint density at radius 2 is 1.62 bits per heavy atom. The van der Waals surface area contributed by atoms with Gasteiger partial charge in [0.25, 0.3) is 5.91 Å². The van der Waals surface area contributed by atoms with Crippen LogP contribution in [0.15, 0.2) is 59.4 Å². The van der Waals surface area contributed by atoms with E-state index < -0.39 is 75.6 Å². The number of nitrogens with two attached hydrogens (primary N) is 1. The highest BCUT2D eigenvalue weighted by molar-refractivity contribution is 6.24. The van der Waals surface area contributed by atoms with Crippen molar-refractivity contribution in [3.8, 4) is 5.75 Å². The molecule has 0 saturated heterocycles. The molecule has 0 radical (unpaired) electrons. The molecule has 1 saturated carbocycles. The molecule has 3 aliphatic rings. The number of nitrogens with zero attached hydrogens (tertiary/aromatic N) is 1. The Morgan fingerprint density at radius 1 is 1.00 bits per heavy atom. The van der Waals surface area contributed by atoms with Gasteiger partial charge in [-0.3, -0.25) is 19.3 Å². The zero-order valence-electron chi connectivity index (χ0n) is 24.1. The quantitative estimate of drug-likeness (QED) is 0.235. The number of hydrogen-bond acceptors (Lipinski definition) is 9. The Hall–Kier alpha value is -4.25. The minimum Gasteiger partial charge on any atom is -0.508 e. The van der Waals surface area contributed by atoms with E-state index in [1.807, 2.05) is 44.2 Å². The molecular weight excluding hydrogens is 540 g/mol. The third-order valence-electron chi connectivity index (χ3n) is 8.42. The molecule has 3 aliphatic carbocycles. The van der Waals surface area contributed by atoms with Gasteiger partial charge in [0.2, 0.25) is 5.78 Å². The molecule has 2 aromatic carbocycles. The molecule has 222 valence electrons. The van der Waals surface area contributed by atoms with Crippen molar-refractivity contribution in [1.82, 2.24) is 4.90 Å². The third-order valence-corrected chi connectivity index (χ3v) is 8.42. The second kappa shape index (κ2) is 11.2. The van der Waals surface area contributed by atoms with Gasteiger partial charge in [-0.05, 0) is 31.1 Å². The van der Waals surface area contributed by atoms with E-state index in [-0.39, 0.29) is 11.3 Å². The van der Waals surface area contributed by atoms with Crippen LogP contribution < -0.4 is 5.73 Å². The predicted molar refractivity (Wildman–Crippen MR) is 157 cm³/mol. The van der Waals surface area contributed by atoms with E-state index in [1.54, 1.807) is 31.2 Å². The van der Waals surface area contributed by atoms with Gasteiger partial charge in [-0.25, -0.2) is 0 Å². The number of aromatic hydroxyl groups is 1. The number of benzene rings is 2. The SMILES string of the molecule is CC.C[C@H]1c2ccc(/C=C/c3ccccc3)c(O)c2C(O)=C2C(=O)[C@]3(O)C(O)=C(C(N)=O)C(=O)[C@@H](N(C)C)[C@@H]3[C@@H](O)[C@@H]21. The van der Waals surface area contributed by atoms with Crippen molar-refractivity contribution in [1.29, 1.82) is 0 Å². The first-order valence-corrected chi connectivity index (χ1v) is 13.8. The average molecular weight is 577 g/mol. The average Bonchev–Trinajstić information content (AvgIpc) is 2.95. The Kier molecular flexibility index (Phi) is 8.19. The lowest BCUT2D eigenvalue weighted by Crippen LogP contribution is -2.70. The highest BCUT2D eigenvalue weighted by atomic mass is 16.4. The molecule has 2 aromatic rings. The third kappa shape index (κ3) is 4.34. The van der Waals surface area contributed by atoms with E-state index >= 15 is 0 Å². The first kappa shape index (κ1) is 30.7. The lowest BCUT2D eigenvalue weighted by Gasteiger charge is -2.53. The fourth-order valence-corrected chi connectivity index (χ4v) is 6.52. The molecule has 0 unspecified atom stereocenters. The molecule has 10 nitrogen and oxygen atoms in total. The van der Waals surface area contributed by atoms with Crippen molar-refractivity contribution in [3.05, 3.63) is 81.6 Å². The molecule has 0 spiro atoms. The molecule has 0 bridgehead atoms. The van der Waals surface area contributed by atoms with E-state index in [9.17, 15) is 39.9 Å². The van der Waals surface area contributed by atoms with Gasteiger partial charge in [0.1, 0.15) is 22.8 Å². The summed E-state index contributed by atoms with van der Waals surface area (Å²) in [7, 11) is 2.93. The fourth-order valence-electron chi connectivity index (χ4n) is 6.52. The number of carbonyl (C=O) groups is 3. The maximum absolute atomic E-state index is 14.0. The lowest BCUT2D eigenvalue weighted by molar-refractivity contribution is -0.169. The van der Waals surface area contributed by atoms with Crippen LogP contribution in [0.4, 0.5) is 0 Å². The van der Waals surface area contributed by atoms with Crippen LogP contribution in [-0.2, 0) is 14.4 Å². The zero-order valence-corrected chi connectivity index (χ0v) is 24.1. The fraction of sp³-hybridized carbons (Fsp3) is 0.344. The van der Waals surface area contributed by atoms with Gasteiger partial charge in [0.15, 0.2) is 11.4 Å². The summed E-state index contributed by atoms with van der Waals surface area (Å²) in [6.45, 7) is 5.69. The molecule has 0 heterocycles. The number of likely N-dealkylation sites (N-methyl/N-ethyl adjacent to an activating group) is 1. The largest absolute Gasteiger partial charge is 0.508 e. The summed E-state index contributed by atoms with van der Waals surface area (Å²) >= 11 is 0. The number of phenols is 1. The summed E-state index contributed by atoms with van der Waals surface area (Å²) < 4.78 is 0. The van der Waals surface area contributed by atoms with Crippen LogP contribution in [0, 0.1) is 11.8 Å². The Balaban J connectivity index is 0.00000198. The van der Waals surface area contributed by atoms with Gasteiger partial charge >= 0.3 is 0 Å². The topological polar surface area (TPSA) is 182 Å². The first-order valence-electron chi connectivity index (χ1n) is 13.8. The Bertz CT molecular complexity index is 1540. The lowest BCUT2D eigenvalue weighted by atomic mass is 9.54. The summed E-state index contributed by atoms with van der Waals surface area (Å²) in [6.07, 6.45) is 1.77. The number of Topliss-reactive ketones (excluding diaryl/α,β-unsaturated/α-hetero) is 2. The number of carbonyl (C=O) groups excluding carboxylic acids is 3. The molecular formula is C32H36N2O8. The second-order valence-corrected chi connectivity index (χ2v) is 10.8. The van der Waals surface area contributed by atoms with E-state index in [2.05, 4.69) is 0 Å². The van der Waals surface area contributed by atoms with Gasteiger partial charge in [0.05, 0.1) is 23.6 Å². The normalized spacial score (nSPS) is 28.7. The molecule has 6 atom stereocenters. The van der Waals surface area contributed by atoms with E-state index in [0.29, 0.717) is 11.1 Å². The summed E-state index contributed by atoms with van der Waals surface area (Å²) in [6, 6.07) is 11.3. The van der Waals surface area contributed by atoms with Crippen molar-refractivity contribution < 1.29 is 39.9 Å². The molecule has 7 N–H and O–H groups in total. The van der Waals surface area contributed by atoms with Crippen molar-refractivity contribution in [3.63, 3.8) is 0 Å². The summed E-state index contributed by atoms with van der Waals surface area (Å²) in [5.74, 6) is -9.09. The maximum Gasteiger partial charge on any atom is 0.255 e. The molecule has 0 aromatic heterocycles. The van der Waals surface area contributed by atoms with Crippen LogP contribution in [0.3, 0.4) is 0 Å². The van der Waals surface area contributed by atoms with Crippen molar-refractivity contribution in [2.24, 2.45) is 17.6 Å². The molecule has 0 aliphatic heterocycles. The van der Waals surface area contributed by atoms with Gasteiger partial charge in [-0.15, -0.1) is 0 Å². The Labute approximate surface area is 243 Å². The highest BCUT2D eigenvalue weighted by Gasteiger charge is 2.68. The van der Waals surface area contributed by atoms with Crippen molar-refractivity contribution in [2.45, 2.75) is 44.4 Å². The van der Waals surface area contributed by atoms with E-state index in [4.69, 9.17) is 5.73 Å². The summed E-state index contributed by atoms with van der Waals surface area (Å²) in [4.78, 5) is 40.7. The minimum atomic E-state index is -2.94. The maximum atomic E-state index is 14.0. The van der Waals surface area contributed by atoms with Crippen LogP contribution >= 0.6 is 0 Å². The van der Waals surface area contributed by atoms with Crippen LogP contribution in [0.2, 0.25) is 0 Å². The number of hydrogen-bond donors (Lipinski definition) is 6. The number of fused-ring (bicyclic) bond motifs is 3. The molecule has 1 fully saturated rings. The Morgan fingerprint density at radius 3 is 2.19 bits per heavy atom. The van der Waals surface area contributed by atoms with E-state index in [0.717, 1.165) is 5.56 Å². The van der Waals surface area contributed by atoms with Gasteiger partial charge in [-0.1, -0.05) is 75.4 Å². The number of primary amides is 1. The number of phenolic OH excluding ortho intramolecular Hbond substituents is 1. The standard InChI is InChI=1S/C30H30N2O8.C2H6/c1-13-16-12-11-15(10-9-14-7-5-4-6-8-14)23(33)18(16)24(34)19-17(13)25(35)21-22(32(2)3)26(36)20(29(31)39)28(38)30(21,40)27(19)37;1-2/h4-13,17,21-22,25,33-35,38,40H,1-3H3,(H2,31,39);1-2H3/b10-9+;/t13-,17+,21+,22-,25-,30-;/m0./s1. The van der Waals surface area contributed by atoms with Crippen molar-refractivity contribution in [2.75, 3.05) is 14.1 Å². The monoisotopic (exact) mass is 576 g/mol. The zero-order chi connectivity index (χ0) is 31.3. The number of aliphatic hydroxyl groups excluding tert-OH is 3. The van der Waals surface area contributed by atoms with Crippen LogP contribution in [-0.4, -0.2) is 79.7 Å². The predicted octanol–water partition coefficient (Wildman–Crippen LogP) is 2.69. The van der Waals surface area contributed by atoms with Crippen LogP contribution in [0.1, 0.15) is 48.9 Å². The van der Waals surface area contributed by atoms with Crippen LogP contribution in [0.5, 0.6) is 5.75 Å². The molecule has 42 heavy (non-hydrogen) atoms. The second-order valence-electron chi connectivity index (χ2n) is 10.8. The van der Waals surface area contributed by atoms with Crippen LogP contribution in [0.25, 0.3) is 17.9 Å². The number of aliphatic hydroxyl groups is 4. The van der Waals surface area contributed by atoms with E-state index in [1.165, 1.54) is 19.0 Å². The highest BCUT2D eigenvalue weighted by Crippen LogP contribution is 2.56. The minimum absolute atomic E-state index is 0.0498. The summed E-state index contributed by atoms with van der Waals surface area (Å²) in [5.41, 5.74) is 2.63. The van der Waals surface area contributed by atoms with Gasteiger partial charge in [0, 0.05) is 17.1 Å². The molecule has 10 heteroatoms. The van der Waals surface area contributed by atoms with Crippen molar-refractivity contribution >= 4 is 35.4 Å². The molecule has 1 amide bonds. The smallest absolute Gasteiger partial charge is 0.255 e. The molecule has 5 rings (SSSR count). The number of rotatable bonds is 4. The van der Waals surface area contributed by atoms with Gasteiger partial charge < -0.3 is 31.3 Å². The van der Waals surface area contributed by atoms with Gasteiger partial charge in [-0.2, -0.15) is 0 Å².